The molecule has 0 atom stereocenters. The summed E-state index contributed by atoms with van der Waals surface area (Å²) in [5.74, 6) is 0. The van der Waals surface area contributed by atoms with Crippen LogP contribution in [0, 0.1) is 0 Å². The fourth-order valence-corrected chi connectivity index (χ4v) is 3.15. The molecule has 0 spiro atoms. The Balaban J connectivity index is 1.74. The summed E-state index contributed by atoms with van der Waals surface area (Å²) in [6, 6.07) is 15.1. The molecule has 0 bridgehead atoms. The topological polar surface area (TPSA) is 29.3 Å². The van der Waals surface area contributed by atoms with Crippen LogP contribution in [-0.4, -0.2) is 4.90 Å². The van der Waals surface area contributed by atoms with Crippen LogP contribution in [0.4, 0.5) is 0 Å². The Bertz CT molecular complexity index is 570. The van der Waals surface area contributed by atoms with Crippen LogP contribution in [0.5, 0.6) is 0 Å². The average Bonchev–Trinajstić information content (AvgIpc) is 2.83. The second kappa shape index (κ2) is 5.45. The highest BCUT2D eigenvalue weighted by molar-refractivity contribution is 9.10. The summed E-state index contributed by atoms with van der Waals surface area (Å²) in [7, 11) is 0. The van der Waals surface area contributed by atoms with E-state index in [1.807, 2.05) is 0 Å². The zero-order valence-electron chi connectivity index (χ0n) is 10.8. The van der Waals surface area contributed by atoms with E-state index >= 15 is 0 Å². The van der Waals surface area contributed by atoms with E-state index in [9.17, 15) is 0 Å². The lowest BCUT2D eigenvalue weighted by Gasteiger charge is -2.16. The molecule has 2 N–H and O–H groups in total. The van der Waals surface area contributed by atoms with E-state index in [0.717, 1.165) is 24.1 Å². The van der Waals surface area contributed by atoms with E-state index < -0.39 is 0 Å². The molecule has 0 aromatic heterocycles. The minimum Gasteiger partial charge on any atom is -0.326 e. The number of rotatable bonds is 3. The SMILES string of the molecule is NCc1ccc(CN2Cc3ccccc3C2)c(Br)c1. The molecule has 2 aromatic rings. The average molecular weight is 317 g/mol. The first kappa shape index (κ1) is 12.9. The normalized spacial score (nSPS) is 14.6. The van der Waals surface area contributed by atoms with Crippen LogP contribution >= 0.6 is 15.9 Å². The number of nitrogens with zero attached hydrogens (tertiary/aromatic N) is 1. The molecular formula is C16H17BrN2. The molecule has 0 saturated carbocycles. The summed E-state index contributed by atoms with van der Waals surface area (Å²) < 4.78 is 1.16. The lowest BCUT2D eigenvalue weighted by atomic mass is 10.1. The molecule has 0 radical (unpaired) electrons. The molecule has 1 heterocycles. The fraction of sp³-hybridized carbons (Fsp3) is 0.250. The minimum absolute atomic E-state index is 0.591. The van der Waals surface area contributed by atoms with E-state index in [0.29, 0.717) is 6.54 Å². The standard InChI is InChI=1S/C16H17BrN2/c17-16-7-12(8-18)5-6-15(16)11-19-9-13-3-1-2-4-14(13)10-19/h1-7H,8-11,18H2. The Labute approximate surface area is 122 Å². The third kappa shape index (κ3) is 2.73. The van der Waals surface area contributed by atoms with Crippen molar-refractivity contribution in [1.82, 2.24) is 4.90 Å². The molecule has 0 fully saturated rings. The third-order valence-electron chi connectivity index (χ3n) is 3.65. The number of hydrogen-bond acceptors (Lipinski definition) is 2. The van der Waals surface area contributed by atoms with Gasteiger partial charge in [0.15, 0.2) is 0 Å². The molecule has 0 unspecified atom stereocenters. The molecule has 3 rings (SSSR count). The molecule has 0 amide bonds. The highest BCUT2D eigenvalue weighted by atomic mass is 79.9. The molecule has 0 aliphatic carbocycles. The van der Waals surface area contributed by atoms with Gasteiger partial charge in [-0.05, 0) is 28.3 Å². The predicted molar refractivity (Wildman–Crippen MR) is 81.4 cm³/mol. The number of hydrogen-bond donors (Lipinski definition) is 1. The maximum Gasteiger partial charge on any atom is 0.0252 e. The van der Waals surface area contributed by atoms with Crippen LogP contribution in [0.2, 0.25) is 0 Å². The Morgan fingerprint density at radius 3 is 2.32 bits per heavy atom. The maximum absolute atomic E-state index is 5.66. The molecule has 0 saturated heterocycles. The molecule has 1 aliphatic rings. The van der Waals surface area contributed by atoms with Gasteiger partial charge < -0.3 is 5.73 Å². The quantitative estimate of drug-likeness (QED) is 0.940. The highest BCUT2D eigenvalue weighted by Gasteiger charge is 2.18. The van der Waals surface area contributed by atoms with Gasteiger partial charge in [-0.1, -0.05) is 52.3 Å². The van der Waals surface area contributed by atoms with Gasteiger partial charge in [-0.25, -0.2) is 0 Å². The van der Waals surface area contributed by atoms with Crippen LogP contribution in [0.3, 0.4) is 0 Å². The smallest absolute Gasteiger partial charge is 0.0252 e. The van der Waals surface area contributed by atoms with Crippen molar-refractivity contribution >= 4 is 15.9 Å². The molecule has 3 heteroatoms. The summed E-state index contributed by atoms with van der Waals surface area (Å²) in [6.45, 7) is 3.65. The predicted octanol–water partition coefficient (Wildman–Crippen LogP) is 3.42. The second-order valence-corrected chi connectivity index (χ2v) is 5.90. The summed E-state index contributed by atoms with van der Waals surface area (Å²) in [6.07, 6.45) is 0. The van der Waals surface area contributed by atoms with Gasteiger partial charge in [0.05, 0.1) is 0 Å². The van der Waals surface area contributed by atoms with Crippen LogP contribution in [0.15, 0.2) is 46.9 Å². The van der Waals surface area contributed by atoms with Crippen molar-refractivity contribution in [2.24, 2.45) is 5.73 Å². The summed E-state index contributed by atoms with van der Waals surface area (Å²) in [4.78, 5) is 2.47. The van der Waals surface area contributed by atoms with Crippen LogP contribution in [-0.2, 0) is 26.2 Å². The van der Waals surface area contributed by atoms with Gasteiger partial charge in [-0.2, -0.15) is 0 Å². The van der Waals surface area contributed by atoms with Gasteiger partial charge in [0, 0.05) is 30.7 Å². The summed E-state index contributed by atoms with van der Waals surface area (Å²) >= 11 is 3.65. The van der Waals surface area contributed by atoms with Crippen molar-refractivity contribution in [2.45, 2.75) is 26.2 Å². The summed E-state index contributed by atoms with van der Waals surface area (Å²) in [5.41, 5.74) is 11.1. The van der Waals surface area contributed by atoms with E-state index in [1.165, 1.54) is 22.3 Å². The number of nitrogens with two attached hydrogens (primary N) is 1. The van der Waals surface area contributed by atoms with Crippen molar-refractivity contribution < 1.29 is 0 Å². The van der Waals surface area contributed by atoms with E-state index in [-0.39, 0.29) is 0 Å². The Kier molecular flexibility index (Phi) is 3.69. The van der Waals surface area contributed by atoms with Gasteiger partial charge in [-0.15, -0.1) is 0 Å². The Morgan fingerprint density at radius 1 is 1.05 bits per heavy atom. The van der Waals surface area contributed by atoms with Gasteiger partial charge in [0.25, 0.3) is 0 Å². The van der Waals surface area contributed by atoms with Crippen LogP contribution in [0.1, 0.15) is 22.3 Å². The van der Waals surface area contributed by atoms with Gasteiger partial charge in [0.1, 0.15) is 0 Å². The van der Waals surface area contributed by atoms with Gasteiger partial charge >= 0.3 is 0 Å². The molecule has 2 nitrogen and oxygen atoms in total. The lowest BCUT2D eigenvalue weighted by molar-refractivity contribution is 0.275. The molecule has 19 heavy (non-hydrogen) atoms. The molecule has 98 valence electrons. The molecule has 1 aliphatic heterocycles. The fourth-order valence-electron chi connectivity index (χ4n) is 2.60. The molecule has 2 aromatic carbocycles. The van der Waals surface area contributed by atoms with Crippen molar-refractivity contribution in [1.29, 1.82) is 0 Å². The highest BCUT2D eigenvalue weighted by Crippen LogP contribution is 2.26. The monoisotopic (exact) mass is 316 g/mol. The Hall–Kier alpha value is -1.16. The Morgan fingerprint density at radius 2 is 1.74 bits per heavy atom. The van der Waals surface area contributed by atoms with Crippen molar-refractivity contribution in [2.75, 3.05) is 0 Å². The van der Waals surface area contributed by atoms with Crippen molar-refractivity contribution in [3.05, 3.63) is 69.2 Å². The van der Waals surface area contributed by atoms with Crippen molar-refractivity contribution in [3.8, 4) is 0 Å². The van der Waals surface area contributed by atoms with Gasteiger partial charge in [0.2, 0.25) is 0 Å². The van der Waals surface area contributed by atoms with Crippen LogP contribution < -0.4 is 5.73 Å². The lowest BCUT2D eigenvalue weighted by Crippen LogP contribution is -2.16. The van der Waals surface area contributed by atoms with Gasteiger partial charge in [-0.3, -0.25) is 4.90 Å². The number of halogens is 1. The largest absolute Gasteiger partial charge is 0.326 e. The van der Waals surface area contributed by atoms with E-state index in [2.05, 4.69) is 63.3 Å². The van der Waals surface area contributed by atoms with E-state index in [1.54, 1.807) is 0 Å². The third-order valence-corrected chi connectivity index (χ3v) is 4.39. The first-order chi connectivity index (χ1) is 9.26. The molecular weight excluding hydrogens is 300 g/mol. The maximum atomic E-state index is 5.66. The van der Waals surface area contributed by atoms with Crippen LogP contribution in [0.25, 0.3) is 0 Å². The van der Waals surface area contributed by atoms with E-state index in [4.69, 9.17) is 5.73 Å². The summed E-state index contributed by atoms with van der Waals surface area (Å²) in [5, 5.41) is 0. The van der Waals surface area contributed by atoms with Crippen molar-refractivity contribution in [3.63, 3.8) is 0 Å². The first-order valence-corrected chi connectivity index (χ1v) is 7.32. The number of fused-ring (bicyclic) bond motifs is 1. The second-order valence-electron chi connectivity index (χ2n) is 5.04. The zero-order chi connectivity index (χ0) is 13.2. The zero-order valence-corrected chi connectivity index (χ0v) is 12.4. The first-order valence-electron chi connectivity index (χ1n) is 6.53. The minimum atomic E-state index is 0.591. The number of benzene rings is 2.